The molecule has 1 aromatic heterocycles. The number of nitrogens with zero attached hydrogens (tertiary/aromatic N) is 3. The summed E-state index contributed by atoms with van der Waals surface area (Å²) in [6, 6.07) is 5.32. The largest absolute Gasteiger partial charge is 0.389 e. The van der Waals surface area contributed by atoms with E-state index < -0.39 is 0 Å². The number of thiophene rings is 1. The van der Waals surface area contributed by atoms with Gasteiger partial charge in [0.1, 0.15) is 22.7 Å². The molecule has 3 aromatic rings. The molecule has 0 spiro atoms. The van der Waals surface area contributed by atoms with Crippen molar-refractivity contribution in [3.63, 3.8) is 0 Å². The van der Waals surface area contributed by atoms with Crippen molar-refractivity contribution in [3.8, 4) is 17.2 Å². The van der Waals surface area contributed by atoms with Gasteiger partial charge in [0.2, 0.25) is 0 Å². The number of rotatable bonds is 11. The van der Waals surface area contributed by atoms with E-state index in [1.165, 1.54) is 38.4 Å². The van der Waals surface area contributed by atoms with Crippen molar-refractivity contribution in [2.24, 2.45) is 16.8 Å². The number of ether oxygens (including phenoxy) is 2. The third-order valence-corrected chi connectivity index (χ3v) is 11.7. The Morgan fingerprint density at radius 2 is 2.00 bits per heavy atom. The first-order valence-corrected chi connectivity index (χ1v) is 20.3. The van der Waals surface area contributed by atoms with Crippen molar-refractivity contribution in [1.29, 1.82) is 10.7 Å². The van der Waals surface area contributed by atoms with Gasteiger partial charge in [0.15, 0.2) is 0 Å². The molecule has 0 amide bonds. The zero-order chi connectivity index (χ0) is 40.2. The molecule has 54 heavy (non-hydrogen) atoms. The Balaban J connectivity index is 0.000000291. The molecule has 3 unspecified atom stereocenters. The van der Waals surface area contributed by atoms with Crippen LogP contribution < -0.4 is 21.5 Å². The van der Waals surface area contributed by atoms with Crippen LogP contribution in [0.15, 0.2) is 29.8 Å². The molecular weight excluding hydrogens is 696 g/mol. The van der Waals surface area contributed by atoms with E-state index in [0.717, 1.165) is 80.9 Å². The van der Waals surface area contributed by atoms with E-state index in [-0.39, 0.29) is 5.82 Å². The van der Waals surface area contributed by atoms with Gasteiger partial charge in [-0.05, 0) is 110 Å². The topological polar surface area (TPSA) is 120 Å². The fraction of sp³-hybridized carbons (Fsp3) is 0.523. The van der Waals surface area contributed by atoms with Crippen LogP contribution in [0.1, 0.15) is 103 Å². The second-order valence-electron chi connectivity index (χ2n) is 14.2. The second kappa shape index (κ2) is 20.7. The zero-order valence-corrected chi connectivity index (χ0v) is 34.8. The van der Waals surface area contributed by atoms with Gasteiger partial charge in [-0.25, -0.2) is 9.38 Å². The van der Waals surface area contributed by atoms with Gasteiger partial charge in [0.25, 0.3) is 0 Å². The highest BCUT2D eigenvalue weighted by Gasteiger charge is 2.46. The van der Waals surface area contributed by atoms with Crippen molar-refractivity contribution >= 4 is 51.3 Å². The number of benzene rings is 2. The van der Waals surface area contributed by atoms with Crippen LogP contribution in [0.5, 0.6) is 0 Å². The van der Waals surface area contributed by atoms with Gasteiger partial charge >= 0.3 is 0 Å². The lowest BCUT2D eigenvalue weighted by Crippen LogP contribution is -2.42. The average Bonchev–Trinajstić information content (AvgIpc) is 3.95. The molecule has 0 bridgehead atoms. The molecule has 3 aliphatic heterocycles. The number of nitrogens with two attached hydrogens (primary N) is 1. The van der Waals surface area contributed by atoms with E-state index in [9.17, 15) is 9.65 Å². The summed E-state index contributed by atoms with van der Waals surface area (Å²) in [5, 5.41) is 22.6. The smallest absolute Gasteiger partial charge is 0.141 e. The molecule has 2 aromatic carbocycles. The van der Waals surface area contributed by atoms with Gasteiger partial charge in [-0.3, -0.25) is 4.90 Å². The number of aliphatic imine (C=N–C) groups is 1. The number of anilines is 1. The lowest BCUT2D eigenvalue weighted by Gasteiger charge is -2.31. The van der Waals surface area contributed by atoms with E-state index in [4.69, 9.17) is 20.6 Å². The Bertz CT molecular complexity index is 1950. The van der Waals surface area contributed by atoms with Crippen molar-refractivity contribution in [2.75, 3.05) is 38.6 Å². The molecule has 10 heteroatoms. The predicted molar refractivity (Wildman–Crippen MR) is 228 cm³/mol. The van der Waals surface area contributed by atoms with Crippen LogP contribution in [0.2, 0.25) is 0 Å². The Morgan fingerprint density at radius 3 is 2.57 bits per heavy atom. The molecule has 2 fully saturated rings. The Morgan fingerprint density at radius 1 is 1.30 bits per heavy atom. The maximum atomic E-state index is 14.7. The summed E-state index contributed by atoms with van der Waals surface area (Å²) >= 11 is 1.10. The highest BCUT2D eigenvalue weighted by Crippen LogP contribution is 2.44. The molecular formula is C44H63FN6O2S. The number of hydrogen-bond donors (Lipinski definition) is 3. The maximum absolute atomic E-state index is 14.7. The molecule has 0 radical (unpaired) electrons. The van der Waals surface area contributed by atoms with Crippen LogP contribution in [0.25, 0.3) is 33.6 Å². The van der Waals surface area contributed by atoms with E-state index >= 15 is 0 Å². The van der Waals surface area contributed by atoms with E-state index in [1.807, 2.05) is 27.7 Å². The number of nitrogens with one attached hydrogen (secondary N) is 2. The summed E-state index contributed by atoms with van der Waals surface area (Å²) in [7, 11) is 0. The van der Waals surface area contributed by atoms with Gasteiger partial charge in [-0.1, -0.05) is 60.3 Å². The van der Waals surface area contributed by atoms with Crippen molar-refractivity contribution in [1.82, 2.24) is 10.2 Å². The van der Waals surface area contributed by atoms with E-state index in [2.05, 4.69) is 68.8 Å². The van der Waals surface area contributed by atoms with Gasteiger partial charge in [-0.2, -0.15) is 5.26 Å². The maximum Gasteiger partial charge on any atom is 0.141 e. The SMILES string of the molecule is C=CCN/C(N=C)=c1\c2c(c(-c3ccc(F)c4sc(N)c(C#N)c34)c(CC)c1=C)COC2.CC.CCC(C)C(C)=N.CCOCC12CCCN1CC(C)C2. The lowest BCUT2D eigenvalue weighted by molar-refractivity contribution is 0.0415. The van der Waals surface area contributed by atoms with Crippen LogP contribution in [-0.4, -0.2) is 55.7 Å². The molecule has 0 aliphatic carbocycles. The summed E-state index contributed by atoms with van der Waals surface area (Å²) < 4.78 is 26.5. The van der Waals surface area contributed by atoms with Crippen molar-refractivity contribution in [3.05, 3.63) is 63.3 Å². The highest BCUT2D eigenvalue weighted by molar-refractivity contribution is 7.23. The van der Waals surface area contributed by atoms with Gasteiger partial charge in [0, 0.05) is 41.6 Å². The summed E-state index contributed by atoms with van der Waals surface area (Å²) in [6.45, 7) is 34.2. The number of halogens is 1. The first-order chi connectivity index (χ1) is 25.9. The third kappa shape index (κ3) is 9.49. The molecule has 3 aliphatic rings. The molecule has 294 valence electrons. The Labute approximate surface area is 327 Å². The molecule has 6 rings (SSSR count). The fourth-order valence-electron chi connectivity index (χ4n) is 7.86. The van der Waals surface area contributed by atoms with Gasteiger partial charge in [-0.15, -0.1) is 17.9 Å². The molecule has 0 saturated carbocycles. The Kier molecular flexibility index (Phi) is 17.1. The number of fused-ring (bicyclic) bond motifs is 3. The van der Waals surface area contributed by atoms with Crippen LogP contribution in [-0.2, 0) is 29.1 Å². The van der Waals surface area contributed by atoms with Crippen molar-refractivity contribution in [2.45, 2.75) is 106 Å². The second-order valence-corrected chi connectivity index (χ2v) is 15.2. The normalized spacial score (nSPS) is 19.4. The summed E-state index contributed by atoms with van der Waals surface area (Å²) in [6.07, 6.45) is 7.61. The zero-order valence-electron chi connectivity index (χ0n) is 34.0. The van der Waals surface area contributed by atoms with E-state index in [1.54, 1.807) is 12.1 Å². The summed E-state index contributed by atoms with van der Waals surface area (Å²) in [5.41, 5.74) is 12.3. The number of nitrogen functional groups attached to an aromatic ring is 1. The van der Waals surface area contributed by atoms with Gasteiger partial charge < -0.3 is 25.9 Å². The summed E-state index contributed by atoms with van der Waals surface area (Å²) in [4.78, 5) is 6.87. The predicted octanol–water partition coefficient (Wildman–Crippen LogP) is 8.70. The fourth-order valence-corrected chi connectivity index (χ4v) is 8.81. The molecule has 3 atom stereocenters. The third-order valence-electron chi connectivity index (χ3n) is 10.7. The number of nitriles is 1. The Hall–Kier alpha value is -3.88. The van der Waals surface area contributed by atoms with Crippen LogP contribution in [0, 0.1) is 34.4 Å². The minimum absolute atomic E-state index is 0.302. The first kappa shape index (κ1) is 44.5. The van der Waals surface area contributed by atoms with Crippen molar-refractivity contribution < 1.29 is 13.9 Å². The van der Waals surface area contributed by atoms with Crippen LogP contribution >= 0.6 is 11.3 Å². The van der Waals surface area contributed by atoms with Crippen LogP contribution in [0.3, 0.4) is 0 Å². The number of hydrogen-bond acceptors (Lipinski definition) is 9. The quantitative estimate of drug-likeness (QED) is 0.133. The van der Waals surface area contributed by atoms with Crippen LogP contribution in [0.4, 0.5) is 9.39 Å². The first-order valence-electron chi connectivity index (χ1n) is 19.5. The molecule has 8 nitrogen and oxygen atoms in total. The minimum atomic E-state index is -0.389. The molecule has 2 saturated heterocycles. The lowest BCUT2D eigenvalue weighted by atomic mass is 9.86. The minimum Gasteiger partial charge on any atom is -0.389 e. The molecule has 4 heterocycles. The summed E-state index contributed by atoms with van der Waals surface area (Å²) in [5.74, 6) is 1.60. The monoisotopic (exact) mass is 758 g/mol. The molecule has 4 N–H and O–H groups in total. The van der Waals surface area contributed by atoms with Gasteiger partial charge in [0.05, 0.1) is 30.1 Å². The highest BCUT2D eigenvalue weighted by atomic mass is 32.1. The average molecular weight is 759 g/mol. The standard InChI is InChI=1S/C25H23FN4OS.C11H21NO.C6H13N.C2H6/c1-5-9-30-25(29-4)20-13(3)14(6-2)21(18-12-31-11-17(18)20)15-7-8-19(26)23-22(15)16(10-27)24(28)32-23;1-3-13-9-11-5-4-6-12(11)8-10(2)7-11;1-4-5(2)6(3)7;1-2/h5,7-8,30H,1,3-4,6,9,11-12,28H2,2H3;10H,3-9H2,1-2H3;5,7H,4H2,1-3H3;1-2H3/b25-20-;;;. The van der Waals surface area contributed by atoms with E-state index in [0.29, 0.717) is 64.1 Å².